The Balaban J connectivity index is 1.89. The van der Waals surface area contributed by atoms with Crippen LogP contribution in [0.5, 0.6) is 11.5 Å². The zero-order chi connectivity index (χ0) is 25.9. The molecule has 0 spiro atoms. The van der Waals surface area contributed by atoms with Crippen LogP contribution in [0.3, 0.4) is 0 Å². The topological polar surface area (TPSA) is 94.1 Å². The van der Waals surface area contributed by atoms with Gasteiger partial charge in [-0.3, -0.25) is 10.1 Å². The molecule has 0 aliphatic heterocycles. The molecule has 2 atom stereocenters. The van der Waals surface area contributed by atoms with E-state index in [-0.39, 0.29) is 24.5 Å². The number of rotatable bonds is 11. The maximum atomic E-state index is 13.0. The van der Waals surface area contributed by atoms with E-state index in [0.29, 0.717) is 17.0 Å². The summed E-state index contributed by atoms with van der Waals surface area (Å²) >= 11 is 7.64. The molecule has 0 fully saturated rings. The number of benzene rings is 3. The van der Waals surface area contributed by atoms with Gasteiger partial charge in [0.2, 0.25) is 0 Å². The molecule has 0 aromatic heterocycles. The van der Waals surface area contributed by atoms with E-state index < -0.39 is 24.3 Å². The number of anilines is 1. The first kappa shape index (κ1) is 28.0. The molecule has 7 nitrogen and oxygen atoms in total. The summed E-state index contributed by atoms with van der Waals surface area (Å²) in [6, 6.07) is 21.4. The molecule has 1 amide bonds. The van der Waals surface area contributed by atoms with E-state index in [4.69, 9.17) is 14.2 Å². The predicted octanol–water partition coefficient (Wildman–Crippen LogP) is 6.32. The maximum Gasteiger partial charge on any atom is 0.412 e. The van der Waals surface area contributed by atoms with Gasteiger partial charge in [-0.05, 0) is 83.4 Å². The molecule has 0 saturated heterocycles. The van der Waals surface area contributed by atoms with Gasteiger partial charge in [0.15, 0.2) is 6.10 Å². The lowest BCUT2D eigenvalue weighted by Crippen LogP contribution is -2.32. The second kappa shape index (κ2) is 14.2. The summed E-state index contributed by atoms with van der Waals surface area (Å²) in [7, 11) is 0. The summed E-state index contributed by atoms with van der Waals surface area (Å²) in [5.74, 6) is -0.0429. The Morgan fingerprint density at radius 1 is 1.08 bits per heavy atom. The number of phenolic OH excluding ortho intramolecular Hbond substituents is 1. The largest absolute Gasteiger partial charge is 0.508 e. The van der Waals surface area contributed by atoms with Crippen molar-refractivity contribution in [1.29, 1.82) is 0 Å². The van der Waals surface area contributed by atoms with Gasteiger partial charge in [0, 0.05) is 26.1 Å². The van der Waals surface area contributed by atoms with Gasteiger partial charge < -0.3 is 19.3 Å². The first-order chi connectivity index (χ1) is 17.4. The fourth-order valence-corrected chi connectivity index (χ4v) is 4.33. The molecule has 3 aromatic rings. The molecule has 3 rings (SSSR count). The van der Waals surface area contributed by atoms with Crippen molar-refractivity contribution in [3.05, 3.63) is 81.9 Å². The van der Waals surface area contributed by atoms with Crippen LogP contribution in [0.15, 0.2) is 77.7 Å². The Kier molecular flexibility index (Phi) is 11.1. The van der Waals surface area contributed by atoms with Gasteiger partial charge in [-0.1, -0.05) is 18.2 Å². The lowest BCUT2D eigenvalue weighted by molar-refractivity contribution is -0.141. The third kappa shape index (κ3) is 8.52. The summed E-state index contributed by atoms with van der Waals surface area (Å²) in [6.45, 7) is 0.0131. The van der Waals surface area contributed by atoms with Crippen molar-refractivity contribution in [3.63, 3.8) is 0 Å². The minimum atomic E-state index is -1.01. The van der Waals surface area contributed by atoms with E-state index in [9.17, 15) is 14.7 Å². The van der Waals surface area contributed by atoms with Crippen LogP contribution in [0.2, 0.25) is 0 Å². The SMILES string of the molecule is CSc1ccc(NC(=O)O[C@@H](c2cc(I)ccc2O)[C@H](CCOC(=O)CS)Oc2ccccc2)cc1. The number of nitrogens with one attached hydrogen (secondary N) is 1. The van der Waals surface area contributed by atoms with Crippen LogP contribution in [-0.2, 0) is 14.3 Å². The average molecular weight is 640 g/mol. The second-order valence-electron chi connectivity index (χ2n) is 7.52. The van der Waals surface area contributed by atoms with Crippen LogP contribution in [0.1, 0.15) is 18.1 Å². The first-order valence-corrected chi connectivity index (χ1v) is 13.9. The molecule has 0 saturated carbocycles. The molecule has 0 aliphatic rings. The van der Waals surface area contributed by atoms with Gasteiger partial charge in [0.1, 0.15) is 17.6 Å². The number of thiol groups is 1. The van der Waals surface area contributed by atoms with Gasteiger partial charge in [-0.2, -0.15) is 12.6 Å². The maximum absolute atomic E-state index is 13.0. The van der Waals surface area contributed by atoms with Gasteiger partial charge >= 0.3 is 12.1 Å². The molecule has 10 heteroatoms. The smallest absolute Gasteiger partial charge is 0.412 e. The third-order valence-electron chi connectivity index (χ3n) is 5.03. The highest BCUT2D eigenvalue weighted by Gasteiger charge is 2.32. The molecule has 0 heterocycles. The van der Waals surface area contributed by atoms with Gasteiger partial charge in [0.25, 0.3) is 0 Å². The number of thioether (sulfide) groups is 1. The summed E-state index contributed by atoms with van der Waals surface area (Å²) in [5, 5.41) is 13.4. The number of ether oxygens (including phenoxy) is 3. The number of carbonyl (C=O) groups is 2. The van der Waals surface area contributed by atoms with Gasteiger partial charge in [-0.25, -0.2) is 4.79 Å². The molecule has 0 aliphatic carbocycles. The average Bonchev–Trinajstić information content (AvgIpc) is 2.89. The van der Waals surface area contributed by atoms with E-state index in [1.165, 1.54) is 6.07 Å². The number of carbonyl (C=O) groups excluding carboxylic acids is 2. The Morgan fingerprint density at radius 2 is 1.81 bits per heavy atom. The van der Waals surface area contributed by atoms with E-state index in [1.54, 1.807) is 48.2 Å². The number of hydrogen-bond acceptors (Lipinski definition) is 8. The number of aromatic hydroxyl groups is 1. The molecule has 2 N–H and O–H groups in total. The number of esters is 1. The highest BCUT2D eigenvalue weighted by Crippen LogP contribution is 2.34. The van der Waals surface area contributed by atoms with Crippen LogP contribution in [0.25, 0.3) is 0 Å². The Labute approximate surface area is 233 Å². The fourth-order valence-electron chi connectivity index (χ4n) is 3.31. The van der Waals surface area contributed by atoms with Crippen molar-refractivity contribution >= 4 is 64.7 Å². The molecular weight excluding hydrogens is 613 g/mol. The normalized spacial score (nSPS) is 12.3. The molecule has 3 aromatic carbocycles. The van der Waals surface area contributed by atoms with Crippen molar-refractivity contribution in [2.24, 2.45) is 0 Å². The summed E-state index contributed by atoms with van der Waals surface area (Å²) in [5.41, 5.74) is 0.933. The zero-order valence-electron chi connectivity index (χ0n) is 19.4. The molecule has 0 unspecified atom stereocenters. The van der Waals surface area contributed by atoms with Gasteiger partial charge in [0.05, 0.1) is 12.4 Å². The number of para-hydroxylation sites is 1. The zero-order valence-corrected chi connectivity index (χ0v) is 23.3. The molecule has 0 radical (unpaired) electrons. The van der Waals surface area contributed by atoms with Crippen LogP contribution >= 0.6 is 47.0 Å². The van der Waals surface area contributed by atoms with E-state index in [1.807, 2.05) is 36.6 Å². The summed E-state index contributed by atoms with van der Waals surface area (Å²) in [6.07, 6.45) is -0.354. The van der Waals surface area contributed by atoms with Crippen molar-refractivity contribution in [3.8, 4) is 11.5 Å². The molecule has 0 bridgehead atoms. The predicted molar refractivity (Wildman–Crippen MR) is 152 cm³/mol. The Morgan fingerprint density at radius 3 is 2.47 bits per heavy atom. The van der Waals surface area contributed by atoms with E-state index >= 15 is 0 Å². The quantitative estimate of drug-likeness (QED) is 0.0979. The third-order valence-corrected chi connectivity index (χ3v) is 6.70. The fraction of sp³-hybridized carbons (Fsp3) is 0.231. The standard InChI is InChI=1S/C26H26INO6S2/c1-36-20-10-8-18(9-11-20)28-26(31)34-25(21-15-17(27)7-12-22(21)29)23(13-14-32-24(30)16-35)33-19-5-3-2-4-6-19/h2-12,15,23,25,29,35H,13-14,16H2,1H3,(H,28,31)/t23-,25-/m0/s1. The number of phenols is 1. The monoisotopic (exact) mass is 639 g/mol. The molecular formula is C26H26INO6S2. The Hall–Kier alpha value is -2.57. The van der Waals surface area contributed by atoms with E-state index in [0.717, 1.165) is 8.47 Å². The highest BCUT2D eigenvalue weighted by atomic mass is 127. The van der Waals surface area contributed by atoms with Crippen molar-refractivity contribution in [2.75, 3.05) is 23.9 Å². The second-order valence-corrected chi connectivity index (χ2v) is 9.96. The minimum Gasteiger partial charge on any atom is -0.508 e. The van der Waals surface area contributed by atoms with Crippen molar-refractivity contribution in [2.45, 2.75) is 23.5 Å². The number of halogens is 1. The van der Waals surface area contributed by atoms with Crippen molar-refractivity contribution < 1.29 is 28.9 Å². The van der Waals surface area contributed by atoms with Crippen LogP contribution in [0.4, 0.5) is 10.5 Å². The van der Waals surface area contributed by atoms with E-state index in [2.05, 4.69) is 40.5 Å². The van der Waals surface area contributed by atoms with Crippen LogP contribution < -0.4 is 10.1 Å². The summed E-state index contributed by atoms with van der Waals surface area (Å²) in [4.78, 5) is 25.7. The van der Waals surface area contributed by atoms with Crippen LogP contribution in [-0.4, -0.2) is 41.9 Å². The number of amides is 1. The Bertz CT molecular complexity index is 1150. The minimum absolute atomic E-state index is 0.0131. The molecule has 190 valence electrons. The van der Waals surface area contributed by atoms with Crippen molar-refractivity contribution in [1.82, 2.24) is 0 Å². The molecule has 36 heavy (non-hydrogen) atoms. The highest BCUT2D eigenvalue weighted by molar-refractivity contribution is 14.1. The van der Waals surface area contributed by atoms with Gasteiger partial charge in [-0.15, -0.1) is 11.8 Å². The lowest BCUT2D eigenvalue weighted by atomic mass is 10.0. The first-order valence-electron chi connectivity index (χ1n) is 11.0. The van der Waals surface area contributed by atoms with Crippen LogP contribution in [0, 0.1) is 3.57 Å². The lowest BCUT2D eigenvalue weighted by Gasteiger charge is -2.29. The number of hydrogen-bond donors (Lipinski definition) is 3. The summed E-state index contributed by atoms with van der Waals surface area (Å²) < 4.78 is 18.1.